The van der Waals surface area contributed by atoms with E-state index < -0.39 is 17.8 Å². The van der Waals surface area contributed by atoms with Gasteiger partial charge in [0.2, 0.25) is 0 Å². The molecule has 0 saturated heterocycles. The van der Waals surface area contributed by atoms with Gasteiger partial charge in [0.25, 0.3) is 0 Å². The molecule has 1 aromatic carbocycles. The Kier molecular flexibility index (Phi) is 6.19. The van der Waals surface area contributed by atoms with Crippen molar-refractivity contribution in [2.24, 2.45) is 0 Å². The number of urea groups is 1. The van der Waals surface area contributed by atoms with Crippen molar-refractivity contribution < 1.29 is 18.0 Å². The van der Waals surface area contributed by atoms with Gasteiger partial charge in [-0.2, -0.15) is 18.3 Å². The Morgan fingerprint density at radius 1 is 1.07 bits per heavy atom. The number of carbonyl (C=O) groups excluding carboxylic acids is 1. The number of amides is 2. The van der Waals surface area contributed by atoms with Gasteiger partial charge in [-0.1, -0.05) is 6.07 Å². The minimum atomic E-state index is -4.47. The number of halogens is 3. The normalized spacial score (nSPS) is 11.2. The summed E-state index contributed by atoms with van der Waals surface area (Å²) in [5.74, 6) is 1.10. The van der Waals surface area contributed by atoms with Crippen molar-refractivity contribution in [2.75, 3.05) is 23.7 Å². The van der Waals surface area contributed by atoms with Crippen LogP contribution < -0.4 is 16.0 Å². The molecular formula is C19H20F3N7O. The molecule has 8 nitrogen and oxygen atoms in total. The number of nitrogens with one attached hydrogen (secondary N) is 3. The quantitative estimate of drug-likeness (QED) is 0.531. The molecule has 2 amide bonds. The van der Waals surface area contributed by atoms with E-state index >= 15 is 0 Å². The number of hydrogen-bond acceptors (Lipinski definition) is 5. The van der Waals surface area contributed by atoms with Gasteiger partial charge in [0, 0.05) is 24.5 Å². The summed E-state index contributed by atoms with van der Waals surface area (Å²) in [7, 11) is 0. The first kappa shape index (κ1) is 21.1. The first-order valence-electron chi connectivity index (χ1n) is 9.06. The van der Waals surface area contributed by atoms with E-state index in [0.717, 1.165) is 23.5 Å². The van der Waals surface area contributed by atoms with Crippen molar-refractivity contribution in [3.63, 3.8) is 0 Å². The molecule has 0 aliphatic rings. The number of nitrogens with zero attached hydrogens (tertiary/aromatic N) is 4. The number of rotatable bonds is 6. The van der Waals surface area contributed by atoms with Gasteiger partial charge in [0.1, 0.15) is 5.82 Å². The Morgan fingerprint density at radius 2 is 1.87 bits per heavy atom. The first-order valence-corrected chi connectivity index (χ1v) is 9.06. The van der Waals surface area contributed by atoms with Crippen LogP contribution in [-0.4, -0.2) is 39.1 Å². The van der Waals surface area contributed by atoms with Crippen LogP contribution >= 0.6 is 0 Å². The summed E-state index contributed by atoms with van der Waals surface area (Å²) < 4.78 is 39.8. The molecule has 0 aliphatic carbocycles. The average molecular weight is 419 g/mol. The second-order valence-electron chi connectivity index (χ2n) is 6.50. The van der Waals surface area contributed by atoms with Gasteiger partial charge in [0.05, 0.1) is 11.3 Å². The van der Waals surface area contributed by atoms with E-state index in [1.807, 2.05) is 19.9 Å². The number of carbonyl (C=O) groups is 1. The second-order valence-corrected chi connectivity index (χ2v) is 6.50. The van der Waals surface area contributed by atoms with Crippen LogP contribution in [0.3, 0.4) is 0 Å². The Bertz CT molecular complexity index is 1020. The molecule has 0 fully saturated rings. The summed E-state index contributed by atoms with van der Waals surface area (Å²) in [4.78, 5) is 11.9. The third-order valence-electron chi connectivity index (χ3n) is 4.04. The molecule has 0 saturated carbocycles. The summed E-state index contributed by atoms with van der Waals surface area (Å²) in [6.45, 7) is 4.39. The number of benzene rings is 1. The number of aromatic nitrogens is 4. The van der Waals surface area contributed by atoms with E-state index in [2.05, 4.69) is 31.2 Å². The molecule has 158 valence electrons. The van der Waals surface area contributed by atoms with E-state index in [4.69, 9.17) is 0 Å². The maximum atomic E-state index is 12.7. The van der Waals surface area contributed by atoms with Crippen LogP contribution in [-0.2, 0) is 6.18 Å². The van der Waals surface area contributed by atoms with Crippen LogP contribution in [0.4, 0.5) is 29.5 Å². The van der Waals surface area contributed by atoms with Crippen LogP contribution in [0.2, 0.25) is 0 Å². The lowest BCUT2D eigenvalue weighted by Crippen LogP contribution is -2.32. The lowest BCUT2D eigenvalue weighted by molar-refractivity contribution is -0.137. The lowest BCUT2D eigenvalue weighted by atomic mass is 10.2. The molecule has 11 heteroatoms. The largest absolute Gasteiger partial charge is 0.416 e. The Balaban J connectivity index is 1.45. The molecule has 3 aromatic rings. The molecule has 0 radical (unpaired) electrons. The lowest BCUT2D eigenvalue weighted by Gasteiger charge is -2.11. The zero-order chi connectivity index (χ0) is 21.7. The van der Waals surface area contributed by atoms with Crippen molar-refractivity contribution in [1.29, 1.82) is 0 Å². The summed E-state index contributed by atoms with van der Waals surface area (Å²) in [6, 6.07) is 9.25. The van der Waals surface area contributed by atoms with Crippen LogP contribution in [0.1, 0.15) is 17.0 Å². The van der Waals surface area contributed by atoms with Gasteiger partial charge in [-0.3, -0.25) is 0 Å². The van der Waals surface area contributed by atoms with Gasteiger partial charge in [-0.15, -0.1) is 10.2 Å². The number of aryl methyl sites for hydroxylation is 2. The molecule has 0 atom stereocenters. The highest BCUT2D eigenvalue weighted by Gasteiger charge is 2.30. The average Bonchev–Trinajstić information content (AvgIpc) is 3.03. The first-order chi connectivity index (χ1) is 14.2. The highest BCUT2D eigenvalue weighted by molar-refractivity contribution is 5.89. The van der Waals surface area contributed by atoms with Crippen LogP contribution in [0, 0.1) is 13.8 Å². The van der Waals surface area contributed by atoms with E-state index in [0.29, 0.717) is 18.2 Å². The topological polar surface area (TPSA) is 96.8 Å². The smallest absolute Gasteiger partial charge is 0.367 e. The van der Waals surface area contributed by atoms with Crippen LogP contribution in [0.25, 0.3) is 5.82 Å². The minimum absolute atomic E-state index is 0.0564. The number of alkyl halides is 3. The van der Waals surface area contributed by atoms with Crippen molar-refractivity contribution in [2.45, 2.75) is 20.0 Å². The monoisotopic (exact) mass is 419 g/mol. The fourth-order valence-corrected chi connectivity index (χ4v) is 2.71. The molecule has 3 N–H and O–H groups in total. The third-order valence-corrected chi connectivity index (χ3v) is 4.04. The predicted octanol–water partition coefficient (Wildman–Crippen LogP) is 3.53. The molecule has 3 rings (SSSR count). The fraction of sp³-hybridized carbons (Fsp3) is 0.263. The molecule has 0 unspecified atom stereocenters. The van der Waals surface area contributed by atoms with Crippen molar-refractivity contribution in [3.8, 4) is 5.82 Å². The maximum absolute atomic E-state index is 12.7. The van der Waals surface area contributed by atoms with Crippen molar-refractivity contribution in [1.82, 2.24) is 25.3 Å². The Morgan fingerprint density at radius 3 is 2.50 bits per heavy atom. The summed E-state index contributed by atoms with van der Waals surface area (Å²) in [5.41, 5.74) is 1.05. The SMILES string of the molecule is Cc1cc(C)n(-c2ccc(NCCNC(=O)Nc3cccc(C(F)(F)F)c3)nn2)n1. The van der Waals surface area contributed by atoms with Gasteiger partial charge in [-0.25, -0.2) is 9.48 Å². The third kappa shape index (κ3) is 5.46. The second kappa shape index (κ2) is 8.80. The maximum Gasteiger partial charge on any atom is 0.416 e. The highest BCUT2D eigenvalue weighted by Crippen LogP contribution is 2.30. The van der Waals surface area contributed by atoms with E-state index in [1.165, 1.54) is 12.1 Å². The highest BCUT2D eigenvalue weighted by atomic mass is 19.4. The van der Waals surface area contributed by atoms with Gasteiger partial charge in [-0.05, 0) is 50.2 Å². The summed E-state index contributed by atoms with van der Waals surface area (Å²) >= 11 is 0. The molecule has 0 bridgehead atoms. The number of hydrogen-bond donors (Lipinski definition) is 3. The van der Waals surface area contributed by atoms with Gasteiger partial charge < -0.3 is 16.0 Å². The molecule has 0 aliphatic heterocycles. The van der Waals surface area contributed by atoms with E-state index in [9.17, 15) is 18.0 Å². The Hall–Kier alpha value is -3.63. The zero-order valence-electron chi connectivity index (χ0n) is 16.3. The summed E-state index contributed by atoms with van der Waals surface area (Å²) in [6.07, 6.45) is -4.47. The fourth-order valence-electron chi connectivity index (χ4n) is 2.71. The Labute approximate surface area is 170 Å². The van der Waals surface area contributed by atoms with Crippen LogP contribution in [0.5, 0.6) is 0 Å². The standard InChI is InChI=1S/C19H20F3N7O/c1-12-10-13(2)29(28-12)17-7-6-16(26-27-17)23-8-9-24-18(30)25-15-5-3-4-14(11-15)19(20,21)22/h3-7,10-11H,8-9H2,1-2H3,(H,23,26)(H2,24,25,30). The van der Waals surface area contributed by atoms with E-state index in [-0.39, 0.29) is 12.2 Å². The molecule has 0 spiro atoms. The minimum Gasteiger partial charge on any atom is -0.367 e. The molecule has 2 heterocycles. The van der Waals surface area contributed by atoms with Crippen molar-refractivity contribution in [3.05, 3.63) is 59.4 Å². The zero-order valence-corrected chi connectivity index (χ0v) is 16.3. The van der Waals surface area contributed by atoms with Gasteiger partial charge >= 0.3 is 12.2 Å². The molecule has 2 aromatic heterocycles. The van der Waals surface area contributed by atoms with Crippen molar-refractivity contribution >= 4 is 17.5 Å². The molecule has 30 heavy (non-hydrogen) atoms. The number of anilines is 2. The van der Waals surface area contributed by atoms with Crippen LogP contribution in [0.15, 0.2) is 42.5 Å². The van der Waals surface area contributed by atoms with E-state index in [1.54, 1.807) is 16.8 Å². The van der Waals surface area contributed by atoms with Gasteiger partial charge in [0.15, 0.2) is 5.82 Å². The molecular weight excluding hydrogens is 399 g/mol. The summed E-state index contributed by atoms with van der Waals surface area (Å²) in [5, 5.41) is 20.4. The predicted molar refractivity (Wildman–Crippen MR) is 106 cm³/mol.